The first-order valence-electron chi connectivity index (χ1n) is 5.55. The van der Waals surface area contributed by atoms with Crippen molar-refractivity contribution in [2.24, 2.45) is 0 Å². The molecule has 86 valence electrons. The number of hydrogen-bond acceptors (Lipinski definition) is 2. The molecule has 3 heteroatoms. The van der Waals surface area contributed by atoms with Crippen LogP contribution < -0.4 is 0 Å². The monoisotopic (exact) mass is 242 g/mol. The second-order valence-electron chi connectivity index (χ2n) is 4.06. The van der Waals surface area contributed by atoms with Crippen LogP contribution in [-0.4, -0.2) is 10.2 Å². The summed E-state index contributed by atoms with van der Waals surface area (Å²) in [5, 5.41) is 9.59. The third-order valence-electron chi connectivity index (χ3n) is 2.41. The maximum atomic E-state index is 9.06. The van der Waals surface area contributed by atoms with Crippen LogP contribution in [-0.2, 0) is 0 Å². The molecule has 0 saturated carbocycles. The minimum Gasteiger partial charge on any atom is -0.366 e. The number of nitrogens with zero attached hydrogens (tertiary/aromatic N) is 1. The van der Waals surface area contributed by atoms with E-state index in [1.807, 2.05) is 30.1 Å². The Morgan fingerprint density at radius 1 is 1.18 bits per heavy atom. The van der Waals surface area contributed by atoms with Gasteiger partial charge in [0, 0.05) is 28.1 Å². The van der Waals surface area contributed by atoms with Gasteiger partial charge in [0.25, 0.3) is 0 Å². The molecule has 0 bridgehead atoms. The molecule has 0 radical (unpaired) electrons. The minimum absolute atomic E-state index is 0.528. The minimum atomic E-state index is 0.528. The van der Waals surface area contributed by atoms with E-state index in [1.54, 1.807) is 6.20 Å². The van der Waals surface area contributed by atoms with E-state index in [0.29, 0.717) is 10.8 Å². The molecule has 0 amide bonds. The molecular weight excluding hydrogens is 228 g/mol. The largest absolute Gasteiger partial charge is 0.366 e. The van der Waals surface area contributed by atoms with Crippen LogP contribution >= 0.6 is 11.8 Å². The maximum absolute atomic E-state index is 9.06. The highest BCUT2D eigenvalue weighted by Crippen LogP contribution is 2.34. The zero-order chi connectivity index (χ0) is 12.3. The molecule has 0 spiro atoms. The molecule has 0 aliphatic heterocycles. The van der Waals surface area contributed by atoms with Gasteiger partial charge in [-0.25, -0.2) is 0 Å². The van der Waals surface area contributed by atoms with Gasteiger partial charge in [0.1, 0.15) is 6.07 Å². The number of aromatic nitrogens is 1. The summed E-state index contributed by atoms with van der Waals surface area (Å²) in [6.45, 7) is 4.34. The average molecular weight is 242 g/mol. The van der Waals surface area contributed by atoms with Crippen LogP contribution in [0, 0.1) is 11.3 Å². The van der Waals surface area contributed by atoms with Crippen molar-refractivity contribution in [3.05, 3.63) is 42.2 Å². The predicted molar refractivity (Wildman–Crippen MR) is 71.9 cm³/mol. The van der Waals surface area contributed by atoms with Crippen LogP contribution in [0.2, 0.25) is 0 Å². The second-order valence-corrected chi connectivity index (χ2v) is 5.68. The molecule has 2 rings (SSSR count). The van der Waals surface area contributed by atoms with Gasteiger partial charge in [0.15, 0.2) is 0 Å². The summed E-state index contributed by atoms with van der Waals surface area (Å²) in [5.41, 5.74) is 2.81. The molecule has 0 atom stereocenters. The van der Waals surface area contributed by atoms with E-state index in [4.69, 9.17) is 5.26 Å². The lowest BCUT2D eigenvalue weighted by Gasteiger charge is -2.10. The molecule has 2 nitrogen and oxygen atoms in total. The molecule has 0 fully saturated rings. The summed E-state index contributed by atoms with van der Waals surface area (Å²) in [6.07, 6.45) is 3.63. The van der Waals surface area contributed by atoms with E-state index in [0.717, 1.165) is 11.1 Å². The molecule has 1 aromatic carbocycles. The average Bonchev–Trinajstić information content (AvgIpc) is 2.77. The van der Waals surface area contributed by atoms with E-state index in [1.165, 1.54) is 4.90 Å². The smallest absolute Gasteiger partial charge is 0.101 e. The van der Waals surface area contributed by atoms with E-state index < -0.39 is 0 Å². The number of hydrogen-bond donors (Lipinski definition) is 1. The summed E-state index contributed by atoms with van der Waals surface area (Å²) < 4.78 is 0. The van der Waals surface area contributed by atoms with Gasteiger partial charge in [-0.05, 0) is 11.6 Å². The molecule has 1 N–H and O–H groups in total. The molecule has 17 heavy (non-hydrogen) atoms. The molecule has 0 saturated heterocycles. The third kappa shape index (κ3) is 2.54. The quantitative estimate of drug-likeness (QED) is 0.825. The Labute approximate surface area is 106 Å². The lowest BCUT2D eigenvalue weighted by atomic mass is 10.1. The fourth-order valence-electron chi connectivity index (χ4n) is 1.73. The standard InChI is InChI=1S/C14H14N2S/c1-10(2)17-14-6-4-3-5-12(14)13-9-16-8-11(13)7-15/h3-6,8-10,16H,1-2H3. The Morgan fingerprint density at radius 2 is 1.94 bits per heavy atom. The second kappa shape index (κ2) is 5.11. The molecule has 0 aliphatic carbocycles. The van der Waals surface area contributed by atoms with Crippen molar-refractivity contribution in [1.29, 1.82) is 5.26 Å². The fourth-order valence-corrected chi connectivity index (χ4v) is 2.69. The highest BCUT2D eigenvalue weighted by atomic mass is 32.2. The van der Waals surface area contributed by atoms with Crippen molar-refractivity contribution in [2.75, 3.05) is 0 Å². The van der Waals surface area contributed by atoms with E-state index in [2.05, 4.69) is 37.0 Å². The Balaban J connectivity index is 2.49. The molecule has 0 aliphatic rings. The number of H-pyrrole nitrogens is 1. The third-order valence-corrected chi connectivity index (χ3v) is 3.49. The molecule has 1 aromatic heterocycles. The SMILES string of the molecule is CC(C)Sc1ccccc1-c1c[nH]cc1C#N. The molecular formula is C14H14N2S. The van der Waals surface area contributed by atoms with Gasteiger partial charge in [0.2, 0.25) is 0 Å². The zero-order valence-corrected chi connectivity index (χ0v) is 10.7. The number of rotatable bonds is 3. The van der Waals surface area contributed by atoms with Crippen molar-refractivity contribution in [2.45, 2.75) is 24.0 Å². The number of nitrogens with one attached hydrogen (secondary N) is 1. The van der Waals surface area contributed by atoms with Crippen LogP contribution in [0.3, 0.4) is 0 Å². The number of nitriles is 1. The fraction of sp³-hybridized carbons (Fsp3) is 0.214. The summed E-state index contributed by atoms with van der Waals surface area (Å²) in [7, 11) is 0. The summed E-state index contributed by atoms with van der Waals surface area (Å²) in [5.74, 6) is 0. The van der Waals surface area contributed by atoms with Crippen molar-refractivity contribution >= 4 is 11.8 Å². The van der Waals surface area contributed by atoms with Gasteiger partial charge in [0.05, 0.1) is 5.56 Å². The Kier molecular flexibility index (Phi) is 3.55. The maximum Gasteiger partial charge on any atom is 0.101 e. The number of thioether (sulfide) groups is 1. The van der Waals surface area contributed by atoms with Gasteiger partial charge in [-0.1, -0.05) is 32.0 Å². The Hall–Kier alpha value is -1.66. The lowest BCUT2D eigenvalue weighted by Crippen LogP contribution is -1.89. The molecule has 2 aromatic rings. The van der Waals surface area contributed by atoms with Gasteiger partial charge in [-0.15, -0.1) is 11.8 Å². The summed E-state index contributed by atoms with van der Waals surface area (Å²) in [6, 6.07) is 10.4. The summed E-state index contributed by atoms with van der Waals surface area (Å²) >= 11 is 1.82. The van der Waals surface area contributed by atoms with Crippen molar-refractivity contribution in [3.8, 4) is 17.2 Å². The van der Waals surface area contributed by atoms with Crippen LogP contribution in [0.15, 0.2) is 41.6 Å². The first kappa shape index (κ1) is 11.8. The highest BCUT2D eigenvalue weighted by molar-refractivity contribution is 8.00. The van der Waals surface area contributed by atoms with E-state index in [-0.39, 0.29) is 0 Å². The van der Waals surface area contributed by atoms with Gasteiger partial charge >= 0.3 is 0 Å². The topological polar surface area (TPSA) is 39.6 Å². The first-order chi connectivity index (χ1) is 8.22. The highest BCUT2D eigenvalue weighted by Gasteiger charge is 2.11. The zero-order valence-electron chi connectivity index (χ0n) is 9.90. The Morgan fingerprint density at radius 3 is 2.65 bits per heavy atom. The van der Waals surface area contributed by atoms with Gasteiger partial charge in [-0.2, -0.15) is 5.26 Å². The van der Waals surface area contributed by atoms with Crippen molar-refractivity contribution in [1.82, 2.24) is 4.98 Å². The number of benzene rings is 1. The van der Waals surface area contributed by atoms with Crippen LogP contribution in [0.4, 0.5) is 0 Å². The van der Waals surface area contributed by atoms with Crippen LogP contribution in [0.25, 0.3) is 11.1 Å². The normalized spacial score (nSPS) is 10.5. The van der Waals surface area contributed by atoms with Crippen LogP contribution in [0.5, 0.6) is 0 Å². The predicted octanol–water partition coefficient (Wildman–Crippen LogP) is 4.05. The van der Waals surface area contributed by atoms with Crippen LogP contribution in [0.1, 0.15) is 19.4 Å². The first-order valence-corrected chi connectivity index (χ1v) is 6.43. The Bertz CT molecular complexity index is 549. The van der Waals surface area contributed by atoms with Gasteiger partial charge in [-0.3, -0.25) is 0 Å². The van der Waals surface area contributed by atoms with E-state index >= 15 is 0 Å². The van der Waals surface area contributed by atoms with Gasteiger partial charge < -0.3 is 4.98 Å². The number of aromatic amines is 1. The molecule has 0 unspecified atom stereocenters. The van der Waals surface area contributed by atoms with Crippen molar-refractivity contribution < 1.29 is 0 Å². The molecule has 1 heterocycles. The van der Waals surface area contributed by atoms with Crippen molar-refractivity contribution in [3.63, 3.8) is 0 Å². The lowest BCUT2D eigenvalue weighted by molar-refractivity contribution is 1.11. The summed E-state index contributed by atoms with van der Waals surface area (Å²) in [4.78, 5) is 4.22. The van der Waals surface area contributed by atoms with E-state index in [9.17, 15) is 0 Å².